The lowest BCUT2D eigenvalue weighted by atomic mass is 9.72. The third-order valence-electron chi connectivity index (χ3n) is 8.50. The SMILES string of the molecule is CCCC1CCC(C2CCCC(c3ccc(-c4ccc(CC)c(F)c4F)cc3)CC2)CC1. The van der Waals surface area contributed by atoms with Gasteiger partial charge in [0.05, 0.1) is 0 Å². The molecule has 0 bridgehead atoms. The highest BCUT2D eigenvalue weighted by molar-refractivity contribution is 5.65. The van der Waals surface area contributed by atoms with Crippen LogP contribution < -0.4 is 0 Å². The second-order valence-corrected chi connectivity index (χ2v) is 10.4. The van der Waals surface area contributed by atoms with Crippen molar-refractivity contribution in [2.24, 2.45) is 17.8 Å². The van der Waals surface area contributed by atoms with Gasteiger partial charge in [-0.25, -0.2) is 8.78 Å². The van der Waals surface area contributed by atoms with Gasteiger partial charge in [0.15, 0.2) is 11.6 Å². The molecule has 2 fully saturated rings. The number of hydrogen-bond acceptors (Lipinski definition) is 0. The Hall–Kier alpha value is -1.70. The Labute approximate surface area is 193 Å². The molecule has 0 N–H and O–H groups in total. The van der Waals surface area contributed by atoms with Crippen LogP contribution in [0.3, 0.4) is 0 Å². The minimum atomic E-state index is -0.719. The van der Waals surface area contributed by atoms with Gasteiger partial charge in [-0.3, -0.25) is 0 Å². The van der Waals surface area contributed by atoms with E-state index in [1.54, 1.807) is 12.1 Å². The van der Waals surface area contributed by atoms with E-state index in [1.807, 2.05) is 19.1 Å². The molecule has 2 aromatic rings. The number of halogens is 2. The third-order valence-corrected chi connectivity index (χ3v) is 8.50. The van der Waals surface area contributed by atoms with Crippen molar-refractivity contribution >= 4 is 0 Å². The quantitative estimate of drug-likeness (QED) is 0.394. The Kier molecular flexibility index (Phi) is 8.02. The van der Waals surface area contributed by atoms with E-state index in [4.69, 9.17) is 0 Å². The molecule has 2 unspecified atom stereocenters. The van der Waals surface area contributed by atoms with Crippen LogP contribution in [0.25, 0.3) is 11.1 Å². The van der Waals surface area contributed by atoms with Crippen molar-refractivity contribution in [1.29, 1.82) is 0 Å². The summed E-state index contributed by atoms with van der Waals surface area (Å²) in [5.74, 6) is 2.04. The average molecular weight is 439 g/mol. The smallest absolute Gasteiger partial charge is 0.166 e. The second-order valence-electron chi connectivity index (χ2n) is 10.4. The minimum absolute atomic E-state index is 0.367. The average Bonchev–Trinajstić information content (AvgIpc) is 3.08. The molecule has 4 rings (SSSR count). The van der Waals surface area contributed by atoms with Crippen molar-refractivity contribution in [3.8, 4) is 11.1 Å². The normalized spacial score (nSPS) is 26.6. The van der Waals surface area contributed by atoms with E-state index in [0.717, 1.165) is 23.3 Å². The van der Waals surface area contributed by atoms with Gasteiger partial charge >= 0.3 is 0 Å². The van der Waals surface area contributed by atoms with Gasteiger partial charge in [-0.1, -0.05) is 88.8 Å². The van der Waals surface area contributed by atoms with E-state index in [9.17, 15) is 8.78 Å². The summed E-state index contributed by atoms with van der Waals surface area (Å²) in [4.78, 5) is 0. The molecule has 0 aliphatic heterocycles. The van der Waals surface area contributed by atoms with Gasteiger partial charge in [-0.15, -0.1) is 0 Å². The zero-order chi connectivity index (χ0) is 22.5. The van der Waals surface area contributed by atoms with Gasteiger partial charge in [0, 0.05) is 5.56 Å². The van der Waals surface area contributed by atoms with Crippen LogP contribution in [0.15, 0.2) is 36.4 Å². The van der Waals surface area contributed by atoms with Gasteiger partial charge in [-0.2, -0.15) is 0 Å². The van der Waals surface area contributed by atoms with Crippen molar-refractivity contribution < 1.29 is 8.78 Å². The van der Waals surface area contributed by atoms with E-state index in [1.165, 1.54) is 76.2 Å². The van der Waals surface area contributed by atoms with Gasteiger partial charge in [0.2, 0.25) is 0 Å². The fraction of sp³-hybridized carbons (Fsp3) is 0.600. The Morgan fingerprint density at radius 3 is 2.09 bits per heavy atom. The van der Waals surface area contributed by atoms with Gasteiger partial charge in [-0.05, 0) is 78.9 Å². The molecule has 174 valence electrons. The zero-order valence-electron chi connectivity index (χ0n) is 20.0. The van der Waals surface area contributed by atoms with Gasteiger partial charge < -0.3 is 0 Å². The van der Waals surface area contributed by atoms with Crippen molar-refractivity contribution in [3.63, 3.8) is 0 Å². The van der Waals surface area contributed by atoms with Crippen molar-refractivity contribution in [1.82, 2.24) is 0 Å². The molecular weight excluding hydrogens is 398 g/mol. The van der Waals surface area contributed by atoms with E-state index in [0.29, 0.717) is 23.5 Å². The Morgan fingerprint density at radius 2 is 1.41 bits per heavy atom. The number of aryl methyl sites for hydroxylation is 1. The molecule has 2 aliphatic rings. The van der Waals surface area contributed by atoms with Crippen LogP contribution in [0.5, 0.6) is 0 Å². The third kappa shape index (κ3) is 5.26. The molecule has 2 aromatic carbocycles. The highest BCUT2D eigenvalue weighted by atomic mass is 19.2. The standard InChI is InChI=1S/C30H40F2/c1-3-6-21-9-11-25(12-10-21)23-7-5-8-24(14-13-23)26-15-17-27(18-16-26)28-20-19-22(4-2)29(31)30(28)32/h15-21,23-25H,3-14H2,1-2H3. The van der Waals surface area contributed by atoms with E-state index < -0.39 is 11.6 Å². The molecule has 0 amide bonds. The first kappa shape index (κ1) is 23.5. The van der Waals surface area contributed by atoms with E-state index in [-0.39, 0.29) is 0 Å². The molecular formula is C30H40F2. The van der Waals surface area contributed by atoms with Gasteiger partial charge in [0.1, 0.15) is 0 Å². The fourth-order valence-electron chi connectivity index (χ4n) is 6.51. The Morgan fingerprint density at radius 1 is 0.719 bits per heavy atom. The number of hydrogen-bond donors (Lipinski definition) is 0. The van der Waals surface area contributed by atoms with Crippen LogP contribution in [0.4, 0.5) is 8.78 Å². The summed E-state index contributed by atoms with van der Waals surface area (Å²) in [5, 5.41) is 0. The van der Waals surface area contributed by atoms with Crippen LogP contribution in [0.2, 0.25) is 0 Å². The first-order valence-electron chi connectivity index (χ1n) is 13.2. The van der Waals surface area contributed by atoms with Crippen LogP contribution in [0, 0.1) is 29.4 Å². The van der Waals surface area contributed by atoms with E-state index in [2.05, 4.69) is 19.1 Å². The summed E-state index contributed by atoms with van der Waals surface area (Å²) in [5.41, 5.74) is 2.94. The summed E-state index contributed by atoms with van der Waals surface area (Å²) in [6.07, 6.45) is 15.7. The molecule has 0 aromatic heterocycles. The monoisotopic (exact) mass is 438 g/mol. The lowest BCUT2D eigenvalue weighted by Crippen LogP contribution is -2.21. The fourth-order valence-corrected chi connectivity index (χ4v) is 6.51. The lowest BCUT2D eigenvalue weighted by molar-refractivity contribution is 0.183. The highest BCUT2D eigenvalue weighted by Gasteiger charge is 2.29. The van der Waals surface area contributed by atoms with Crippen molar-refractivity contribution in [2.75, 3.05) is 0 Å². The molecule has 2 atom stereocenters. The molecule has 0 spiro atoms. The Balaban J connectivity index is 1.38. The zero-order valence-corrected chi connectivity index (χ0v) is 20.0. The summed E-state index contributed by atoms with van der Waals surface area (Å²) >= 11 is 0. The first-order chi connectivity index (χ1) is 15.6. The van der Waals surface area contributed by atoms with E-state index >= 15 is 0 Å². The summed E-state index contributed by atoms with van der Waals surface area (Å²) < 4.78 is 28.8. The predicted molar refractivity (Wildman–Crippen MR) is 131 cm³/mol. The summed E-state index contributed by atoms with van der Waals surface area (Å²) in [7, 11) is 0. The molecule has 2 aliphatic carbocycles. The number of rotatable bonds is 6. The lowest BCUT2D eigenvalue weighted by Gasteiger charge is -2.33. The molecule has 0 saturated heterocycles. The summed E-state index contributed by atoms with van der Waals surface area (Å²) in [6, 6.07) is 11.7. The van der Waals surface area contributed by atoms with Crippen molar-refractivity contribution in [3.05, 3.63) is 59.2 Å². The van der Waals surface area contributed by atoms with Crippen molar-refractivity contribution in [2.45, 2.75) is 96.8 Å². The highest BCUT2D eigenvalue weighted by Crippen LogP contribution is 2.43. The summed E-state index contributed by atoms with van der Waals surface area (Å²) in [6.45, 7) is 4.17. The number of benzene rings is 2. The topological polar surface area (TPSA) is 0 Å². The Bertz CT molecular complexity index is 861. The molecule has 2 saturated carbocycles. The minimum Gasteiger partial charge on any atom is -0.203 e. The largest absolute Gasteiger partial charge is 0.203 e. The maximum absolute atomic E-state index is 14.6. The van der Waals surface area contributed by atoms with Crippen LogP contribution >= 0.6 is 0 Å². The molecule has 2 heteroatoms. The predicted octanol–water partition coefficient (Wildman–Crippen LogP) is 9.46. The van der Waals surface area contributed by atoms with Gasteiger partial charge in [0.25, 0.3) is 0 Å². The maximum atomic E-state index is 14.6. The second kappa shape index (κ2) is 10.9. The first-order valence-corrected chi connectivity index (χ1v) is 13.2. The molecule has 0 heterocycles. The van der Waals surface area contributed by atoms with Crippen LogP contribution in [-0.4, -0.2) is 0 Å². The maximum Gasteiger partial charge on any atom is 0.166 e. The van der Waals surface area contributed by atoms with Crippen LogP contribution in [0.1, 0.15) is 102 Å². The van der Waals surface area contributed by atoms with Crippen LogP contribution in [-0.2, 0) is 6.42 Å². The molecule has 0 nitrogen and oxygen atoms in total. The molecule has 32 heavy (non-hydrogen) atoms. The molecule has 0 radical (unpaired) electrons.